The maximum Gasteiger partial charge on any atom is 0.108 e. The van der Waals surface area contributed by atoms with Gasteiger partial charge in [-0.1, -0.05) is 65.5 Å². The maximum atomic E-state index is 10.3. The second-order valence-corrected chi connectivity index (χ2v) is 12.5. The molecular formula is C27H44O2. The third kappa shape index (κ3) is 2.60. The Morgan fingerprint density at radius 3 is 2.62 bits per heavy atom. The van der Waals surface area contributed by atoms with Gasteiger partial charge in [-0.3, -0.25) is 0 Å². The van der Waals surface area contributed by atoms with Crippen molar-refractivity contribution in [3.63, 3.8) is 0 Å². The summed E-state index contributed by atoms with van der Waals surface area (Å²) >= 11 is 0. The number of rotatable bonds is 5. The minimum absolute atomic E-state index is 0.0875. The van der Waals surface area contributed by atoms with Crippen molar-refractivity contribution >= 4 is 0 Å². The zero-order chi connectivity index (χ0) is 20.7. The highest BCUT2D eigenvalue weighted by atomic mass is 16.6. The van der Waals surface area contributed by atoms with Crippen LogP contribution >= 0.6 is 0 Å². The van der Waals surface area contributed by atoms with Crippen LogP contribution in [0.5, 0.6) is 0 Å². The molecule has 0 amide bonds. The molecule has 164 valence electrons. The number of aliphatic hydroxyl groups excluding tert-OH is 1. The second-order valence-electron chi connectivity index (χ2n) is 12.5. The van der Waals surface area contributed by atoms with Gasteiger partial charge in [0.1, 0.15) is 11.2 Å². The molecule has 2 heteroatoms. The molecule has 3 saturated carbocycles. The van der Waals surface area contributed by atoms with E-state index in [0.29, 0.717) is 5.41 Å². The zero-order valence-corrected chi connectivity index (χ0v) is 19.6. The number of aliphatic hydroxyl groups is 1. The van der Waals surface area contributed by atoms with Crippen LogP contribution in [0.4, 0.5) is 0 Å². The molecule has 4 aliphatic carbocycles. The summed E-state index contributed by atoms with van der Waals surface area (Å²) in [5.41, 5.74) is 2.36. The van der Waals surface area contributed by atoms with E-state index in [2.05, 4.69) is 40.7 Å². The van der Waals surface area contributed by atoms with Crippen molar-refractivity contribution in [3.8, 4) is 0 Å². The van der Waals surface area contributed by atoms with Gasteiger partial charge >= 0.3 is 0 Å². The Kier molecular flexibility index (Phi) is 4.66. The van der Waals surface area contributed by atoms with Crippen LogP contribution in [0.2, 0.25) is 0 Å². The summed E-state index contributed by atoms with van der Waals surface area (Å²) in [6.07, 6.45) is 16.0. The molecule has 0 bridgehead atoms. The molecule has 8 atom stereocenters. The van der Waals surface area contributed by atoms with Crippen molar-refractivity contribution < 1.29 is 9.84 Å². The molecule has 0 spiro atoms. The van der Waals surface area contributed by atoms with Crippen LogP contribution in [-0.2, 0) is 4.74 Å². The van der Waals surface area contributed by atoms with Crippen LogP contribution in [0.25, 0.3) is 0 Å². The van der Waals surface area contributed by atoms with Gasteiger partial charge in [-0.05, 0) is 80.5 Å². The van der Waals surface area contributed by atoms with E-state index in [1.807, 2.05) is 0 Å². The van der Waals surface area contributed by atoms with Crippen LogP contribution in [0.1, 0.15) is 105 Å². The Morgan fingerprint density at radius 1 is 1.07 bits per heavy atom. The van der Waals surface area contributed by atoms with Crippen molar-refractivity contribution in [3.05, 3.63) is 11.6 Å². The first-order valence-corrected chi connectivity index (χ1v) is 12.8. The molecule has 0 aromatic carbocycles. The van der Waals surface area contributed by atoms with Crippen molar-refractivity contribution in [1.82, 2.24) is 0 Å². The highest BCUT2D eigenvalue weighted by molar-refractivity contribution is 5.42. The Hall–Kier alpha value is -0.340. The molecule has 2 nitrogen and oxygen atoms in total. The van der Waals surface area contributed by atoms with Gasteiger partial charge in [-0.25, -0.2) is 0 Å². The van der Waals surface area contributed by atoms with E-state index in [4.69, 9.17) is 4.74 Å². The molecule has 1 saturated heterocycles. The average Bonchev–Trinajstić information content (AvgIpc) is 3.24. The molecule has 0 unspecified atom stereocenters. The topological polar surface area (TPSA) is 32.8 Å². The number of epoxide rings is 1. The van der Waals surface area contributed by atoms with Crippen molar-refractivity contribution in [1.29, 1.82) is 0 Å². The predicted molar refractivity (Wildman–Crippen MR) is 119 cm³/mol. The third-order valence-corrected chi connectivity index (χ3v) is 10.8. The van der Waals surface area contributed by atoms with Gasteiger partial charge in [0.25, 0.3) is 0 Å². The summed E-state index contributed by atoms with van der Waals surface area (Å²) < 4.78 is 7.01. The number of ether oxygens (including phenoxy) is 1. The van der Waals surface area contributed by atoms with Gasteiger partial charge in [0.2, 0.25) is 0 Å². The van der Waals surface area contributed by atoms with E-state index in [0.717, 1.165) is 49.4 Å². The lowest BCUT2D eigenvalue weighted by atomic mass is 9.47. The van der Waals surface area contributed by atoms with Crippen molar-refractivity contribution in [2.45, 2.75) is 123 Å². The Morgan fingerprint density at radius 2 is 1.86 bits per heavy atom. The minimum Gasteiger partial charge on any atom is -0.393 e. The van der Waals surface area contributed by atoms with Gasteiger partial charge < -0.3 is 9.84 Å². The second kappa shape index (κ2) is 6.58. The largest absolute Gasteiger partial charge is 0.393 e. The molecule has 0 aromatic heterocycles. The predicted octanol–water partition coefficient (Wildman–Crippen LogP) is 6.66. The van der Waals surface area contributed by atoms with E-state index in [1.54, 1.807) is 0 Å². The molecule has 5 aliphatic rings. The van der Waals surface area contributed by atoms with Gasteiger partial charge in [0, 0.05) is 5.41 Å². The Balaban J connectivity index is 1.38. The first-order valence-electron chi connectivity index (χ1n) is 12.8. The molecular weight excluding hydrogens is 356 g/mol. The summed E-state index contributed by atoms with van der Waals surface area (Å²) in [5, 5.41) is 10.3. The summed E-state index contributed by atoms with van der Waals surface area (Å²) in [7, 11) is 0. The lowest BCUT2D eigenvalue weighted by molar-refractivity contribution is 0.00199. The van der Waals surface area contributed by atoms with Crippen LogP contribution in [0, 0.1) is 34.5 Å². The molecule has 1 heterocycles. The van der Waals surface area contributed by atoms with Gasteiger partial charge in [0.05, 0.1) is 6.10 Å². The lowest BCUT2D eigenvalue weighted by Crippen LogP contribution is -2.56. The highest BCUT2D eigenvalue weighted by Gasteiger charge is 2.84. The smallest absolute Gasteiger partial charge is 0.108 e. The van der Waals surface area contributed by atoms with Gasteiger partial charge in [0.15, 0.2) is 0 Å². The van der Waals surface area contributed by atoms with Crippen molar-refractivity contribution in [2.75, 3.05) is 0 Å². The normalized spacial score (nSPS) is 51.6. The number of hydrogen-bond donors (Lipinski definition) is 1. The van der Waals surface area contributed by atoms with Crippen LogP contribution in [-0.4, -0.2) is 22.4 Å². The standard InChI is InChI=1S/C27H44O2/c1-18(2)7-6-8-19(3)22-9-10-23-24(22,4)15-16-27-25(5)13-12-21(28)17-20(25)11-14-26(23,27)29-27/h11,18-19,21-23,28H,6-10,12-17H2,1-5H3/t19-,21-,22-,23-,24-,25+,26+,27+/m1/s1. The van der Waals surface area contributed by atoms with Crippen LogP contribution in [0.3, 0.4) is 0 Å². The third-order valence-electron chi connectivity index (χ3n) is 10.8. The SMILES string of the molecule is CC(C)CCC[C@@H](C)[C@H]1CC[C@@H]2[C@]1(C)CC[C@@]13O[C@@]21CC=C1C[C@H](O)CC[C@@]13C. The van der Waals surface area contributed by atoms with E-state index < -0.39 is 0 Å². The van der Waals surface area contributed by atoms with Crippen molar-refractivity contribution in [2.24, 2.45) is 34.5 Å². The Labute approximate surface area is 178 Å². The summed E-state index contributed by atoms with van der Waals surface area (Å²) in [6.45, 7) is 12.4. The summed E-state index contributed by atoms with van der Waals surface area (Å²) in [5.74, 6) is 3.30. The fourth-order valence-electron chi connectivity index (χ4n) is 9.17. The lowest BCUT2D eigenvalue weighted by Gasteiger charge is -2.54. The first kappa shape index (κ1) is 20.6. The van der Waals surface area contributed by atoms with Crippen LogP contribution in [0.15, 0.2) is 11.6 Å². The number of fused-ring (bicyclic) bond motifs is 2. The molecule has 1 N–H and O–H groups in total. The minimum atomic E-state index is -0.131. The zero-order valence-electron chi connectivity index (χ0n) is 19.6. The summed E-state index contributed by atoms with van der Waals surface area (Å²) in [4.78, 5) is 0. The van der Waals surface area contributed by atoms with Gasteiger partial charge in [-0.15, -0.1) is 0 Å². The first-order chi connectivity index (χ1) is 13.7. The molecule has 29 heavy (non-hydrogen) atoms. The van der Waals surface area contributed by atoms with E-state index in [-0.39, 0.29) is 22.7 Å². The monoisotopic (exact) mass is 400 g/mol. The average molecular weight is 401 g/mol. The highest BCUT2D eigenvalue weighted by Crippen LogP contribution is 2.80. The molecule has 5 rings (SSSR count). The fraction of sp³-hybridized carbons (Fsp3) is 0.926. The number of hydrogen-bond acceptors (Lipinski definition) is 2. The van der Waals surface area contributed by atoms with Crippen LogP contribution < -0.4 is 0 Å². The molecule has 0 aromatic rings. The molecule has 1 aliphatic heterocycles. The fourth-order valence-corrected chi connectivity index (χ4v) is 9.17. The quantitative estimate of drug-likeness (QED) is 0.413. The molecule has 0 radical (unpaired) electrons. The van der Waals surface area contributed by atoms with E-state index >= 15 is 0 Å². The summed E-state index contributed by atoms with van der Waals surface area (Å²) in [6, 6.07) is 0. The maximum absolute atomic E-state index is 10.3. The van der Waals surface area contributed by atoms with Gasteiger partial charge in [-0.2, -0.15) is 0 Å². The van der Waals surface area contributed by atoms with E-state index in [9.17, 15) is 5.11 Å². The van der Waals surface area contributed by atoms with E-state index in [1.165, 1.54) is 50.5 Å². The Bertz CT molecular complexity index is 697. The molecule has 4 fully saturated rings.